The van der Waals surface area contributed by atoms with Crippen LogP contribution in [0.5, 0.6) is 0 Å². The second-order valence-electron chi connectivity index (χ2n) is 4.20. The van der Waals surface area contributed by atoms with E-state index < -0.39 is 0 Å². The van der Waals surface area contributed by atoms with Crippen LogP contribution >= 0.6 is 11.6 Å². The molecule has 2 unspecified atom stereocenters. The second-order valence-corrected chi connectivity index (χ2v) is 4.64. The van der Waals surface area contributed by atoms with Gasteiger partial charge in [0.05, 0.1) is 6.04 Å². The maximum Gasteiger partial charge on any atom is 0.246 e. The van der Waals surface area contributed by atoms with E-state index in [1.807, 2.05) is 26.0 Å². The SMILES string of the molecule is CCOCC(=O)NC(C)C(OC)c1ccc(Cl)cc1. The fraction of sp³-hybridized carbons (Fsp3) is 0.500. The third kappa shape index (κ3) is 5.19. The average Bonchev–Trinajstić information content (AvgIpc) is 2.39. The molecular formula is C14H20ClNO3. The van der Waals surface area contributed by atoms with Gasteiger partial charge in [0, 0.05) is 18.7 Å². The Morgan fingerprint density at radius 3 is 2.53 bits per heavy atom. The number of carbonyl (C=O) groups is 1. The smallest absolute Gasteiger partial charge is 0.246 e. The molecule has 0 saturated heterocycles. The third-order valence-corrected chi connectivity index (χ3v) is 2.98. The van der Waals surface area contributed by atoms with Crippen LogP contribution in [0.4, 0.5) is 0 Å². The van der Waals surface area contributed by atoms with Crippen molar-refractivity contribution in [3.05, 3.63) is 34.9 Å². The molecule has 1 aromatic carbocycles. The minimum Gasteiger partial charge on any atom is -0.375 e. The van der Waals surface area contributed by atoms with E-state index in [2.05, 4.69) is 5.32 Å². The van der Waals surface area contributed by atoms with Gasteiger partial charge >= 0.3 is 0 Å². The Morgan fingerprint density at radius 1 is 1.37 bits per heavy atom. The van der Waals surface area contributed by atoms with E-state index >= 15 is 0 Å². The van der Waals surface area contributed by atoms with Gasteiger partial charge in [0.2, 0.25) is 5.91 Å². The van der Waals surface area contributed by atoms with Gasteiger partial charge in [-0.3, -0.25) is 4.79 Å². The summed E-state index contributed by atoms with van der Waals surface area (Å²) in [4.78, 5) is 11.6. The first-order chi connectivity index (χ1) is 9.08. The van der Waals surface area contributed by atoms with Crippen molar-refractivity contribution in [1.82, 2.24) is 5.32 Å². The standard InChI is InChI=1S/C14H20ClNO3/c1-4-19-9-13(17)16-10(2)14(18-3)11-5-7-12(15)8-6-11/h5-8,10,14H,4,9H2,1-3H3,(H,16,17). The largest absolute Gasteiger partial charge is 0.375 e. The zero-order valence-electron chi connectivity index (χ0n) is 11.5. The molecule has 0 spiro atoms. The lowest BCUT2D eigenvalue weighted by Crippen LogP contribution is -2.39. The number of nitrogens with one attached hydrogen (secondary N) is 1. The minimum absolute atomic E-state index is 0.0674. The summed E-state index contributed by atoms with van der Waals surface area (Å²) in [6, 6.07) is 7.23. The van der Waals surface area contributed by atoms with Crippen molar-refractivity contribution in [1.29, 1.82) is 0 Å². The molecule has 1 rings (SSSR count). The van der Waals surface area contributed by atoms with Gasteiger partial charge in [-0.1, -0.05) is 23.7 Å². The molecule has 0 aliphatic heterocycles. The first kappa shape index (κ1) is 16.0. The lowest BCUT2D eigenvalue weighted by atomic mass is 10.0. The lowest BCUT2D eigenvalue weighted by molar-refractivity contribution is -0.127. The Balaban J connectivity index is 2.63. The van der Waals surface area contributed by atoms with Crippen LogP contribution in [0.1, 0.15) is 25.5 Å². The summed E-state index contributed by atoms with van der Waals surface area (Å²) >= 11 is 5.85. The highest BCUT2D eigenvalue weighted by Gasteiger charge is 2.20. The van der Waals surface area contributed by atoms with Crippen LogP contribution in [-0.4, -0.2) is 32.3 Å². The Bertz CT molecular complexity index is 394. The first-order valence-electron chi connectivity index (χ1n) is 6.23. The van der Waals surface area contributed by atoms with Crippen molar-refractivity contribution >= 4 is 17.5 Å². The van der Waals surface area contributed by atoms with Crippen molar-refractivity contribution in [3.8, 4) is 0 Å². The molecule has 0 radical (unpaired) electrons. The fourth-order valence-corrected chi connectivity index (χ4v) is 1.97. The Kier molecular flexibility index (Phi) is 6.84. The van der Waals surface area contributed by atoms with E-state index in [-0.39, 0.29) is 24.7 Å². The van der Waals surface area contributed by atoms with Gasteiger partial charge < -0.3 is 14.8 Å². The molecule has 0 fully saturated rings. The molecule has 0 bridgehead atoms. The van der Waals surface area contributed by atoms with E-state index in [0.29, 0.717) is 11.6 Å². The number of hydrogen-bond donors (Lipinski definition) is 1. The van der Waals surface area contributed by atoms with Crippen LogP contribution in [0.2, 0.25) is 5.02 Å². The highest BCUT2D eigenvalue weighted by atomic mass is 35.5. The third-order valence-electron chi connectivity index (χ3n) is 2.73. The van der Waals surface area contributed by atoms with E-state index in [1.54, 1.807) is 19.2 Å². The van der Waals surface area contributed by atoms with Crippen LogP contribution in [0.3, 0.4) is 0 Å². The van der Waals surface area contributed by atoms with Gasteiger partial charge in [-0.05, 0) is 31.5 Å². The highest BCUT2D eigenvalue weighted by Crippen LogP contribution is 2.22. The molecule has 1 amide bonds. The molecule has 5 heteroatoms. The van der Waals surface area contributed by atoms with Gasteiger partial charge in [0.15, 0.2) is 0 Å². The first-order valence-corrected chi connectivity index (χ1v) is 6.61. The number of ether oxygens (including phenoxy) is 2. The number of amides is 1. The molecule has 19 heavy (non-hydrogen) atoms. The number of halogens is 1. The van der Waals surface area contributed by atoms with Crippen LogP contribution in [0, 0.1) is 0 Å². The van der Waals surface area contributed by atoms with Gasteiger partial charge in [0.1, 0.15) is 12.7 Å². The monoisotopic (exact) mass is 285 g/mol. The number of benzene rings is 1. The minimum atomic E-state index is -0.220. The van der Waals surface area contributed by atoms with E-state index in [9.17, 15) is 4.79 Å². The Morgan fingerprint density at radius 2 is 2.00 bits per heavy atom. The summed E-state index contributed by atoms with van der Waals surface area (Å²) in [7, 11) is 1.62. The maximum absolute atomic E-state index is 11.6. The molecule has 106 valence electrons. The average molecular weight is 286 g/mol. The molecule has 0 saturated carbocycles. The van der Waals surface area contributed by atoms with E-state index in [1.165, 1.54) is 0 Å². The van der Waals surface area contributed by atoms with Gasteiger partial charge in [-0.25, -0.2) is 0 Å². The van der Waals surface area contributed by atoms with Gasteiger partial charge in [0.25, 0.3) is 0 Å². The van der Waals surface area contributed by atoms with Crippen molar-refractivity contribution < 1.29 is 14.3 Å². The maximum atomic E-state index is 11.6. The van der Waals surface area contributed by atoms with Crippen LogP contribution in [0.15, 0.2) is 24.3 Å². The van der Waals surface area contributed by atoms with Gasteiger partial charge in [-0.15, -0.1) is 0 Å². The molecule has 1 N–H and O–H groups in total. The molecule has 4 nitrogen and oxygen atoms in total. The number of carbonyl (C=O) groups excluding carboxylic acids is 1. The number of rotatable bonds is 7. The van der Waals surface area contributed by atoms with Crippen molar-refractivity contribution in [2.75, 3.05) is 20.3 Å². The Hall–Kier alpha value is -1.10. The zero-order valence-corrected chi connectivity index (χ0v) is 12.2. The normalized spacial score (nSPS) is 13.9. The van der Waals surface area contributed by atoms with Crippen molar-refractivity contribution in [2.45, 2.75) is 26.0 Å². The molecule has 0 heterocycles. The molecular weight excluding hydrogens is 266 g/mol. The highest BCUT2D eigenvalue weighted by molar-refractivity contribution is 6.30. The second kappa shape index (κ2) is 8.15. The molecule has 0 aliphatic rings. The van der Waals surface area contributed by atoms with Gasteiger partial charge in [-0.2, -0.15) is 0 Å². The summed E-state index contributed by atoms with van der Waals surface area (Å²) in [5.41, 5.74) is 0.969. The van der Waals surface area contributed by atoms with E-state index in [0.717, 1.165) is 5.56 Å². The summed E-state index contributed by atoms with van der Waals surface area (Å²) < 4.78 is 10.5. The van der Waals surface area contributed by atoms with Crippen LogP contribution < -0.4 is 5.32 Å². The fourth-order valence-electron chi connectivity index (χ4n) is 1.85. The van der Waals surface area contributed by atoms with Crippen LogP contribution in [0.25, 0.3) is 0 Å². The quantitative estimate of drug-likeness (QED) is 0.837. The van der Waals surface area contributed by atoms with Crippen molar-refractivity contribution in [3.63, 3.8) is 0 Å². The lowest BCUT2D eigenvalue weighted by Gasteiger charge is -2.24. The predicted molar refractivity (Wildman–Crippen MR) is 75.3 cm³/mol. The molecule has 1 aromatic rings. The Labute approximate surface area is 119 Å². The van der Waals surface area contributed by atoms with Crippen molar-refractivity contribution in [2.24, 2.45) is 0 Å². The topological polar surface area (TPSA) is 47.6 Å². The summed E-state index contributed by atoms with van der Waals surface area (Å²) in [5.74, 6) is -0.148. The van der Waals surface area contributed by atoms with E-state index in [4.69, 9.17) is 21.1 Å². The van der Waals surface area contributed by atoms with Crippen LogP contribution in [-0.2, 0) is 14.3 Å². The molecule has 0 aliphatic carbocycles. The molecule has 0 aromatic heterocycles. The summed E-state index contributed by atoms with van der Waals surface area (Å²) in [5, 5.41) is 3.53. The number of methoxy groups -OCH3 is 1. The predicted octanol–water partition coefficient (Wildman–Crippen LogP) is 2.57. The summed E-state index contributed by atoms with van der Waals surface area (Å²) in [6.07, 6.45) is -0.220. The number of hydrogen-bond acceptors (Lipinski definition) is 3. The zero-order chi connectivity index (χ0) is 14.3. The molecule has 2 atom stereocenters. The summed E-state index contributed by atoms with van der Waals surface area (Å²) in [6.45, 7) is 4.33.